The summed E-state index contributed by atoms with van der Waals surface area (Å²) >= 11 is 0. The Morgan fingerprint density at radius 2 is 2.00 bits per heavy atom. The molecule has 0 radical (unpaired) electrons. The fourth-order valence-corrected chi connectivity index (χ4v) is 3.36. The lowest BCUT2D eigenvalue weighted by Gasteiger charge is -2.36. The SMILES string of the molecule is CC(C)c1nc2cc(C3(CN)CCCCC3)ccc2o1. The van der Waals surface area contributed by atoms with Crippen molar-refractivity contribution < 1.29 is 4.42 Å². The van der Waals surface area contributed by atoms with Gasteiger partial charge in [0.05, 0.1) is 0 Å². The fraction of sp³-hybridized carbons (Fsp3) is 0.588. The Balaban J connectivity index is 2.02. The first-order valence-electron chi connectivity index (χ1n) is 7.76. The zero-order valence-electron chi connectivity index (χ0n) is 12.5. The first-order chi connectivity index (χ1) is 9.64. The maximum Gasteiger partial charge on any atom is 0.198 e. The highest BCUT2D eigenvalue weighted by atomic mass is 16.3. The van der Waals surface area contributed by atoms with Gasteiger partial charge < -0.3 is 10.2 Å². The van der Waals surface area contributed by atoms with Gasteiger partial charge in [-0.1, -0.05) is 39.2 Å². The number of rotatable bonds is 3. The number of hydrogen-bond donors (Lipinski definition) is 1. The monoisotopic (exact) mass is 272 g/mol. The second-order valence-corrected chi connectivity index (χ2v) is 6.43. The van der Waals surface area contributed by atoms with E-state index in [-0.39, 0.29) is 5.41 Å². The zero-order valence-corrected chi connectivity index (χ0v) is 12.5. The number of nitrogens with zero attached hydrogens (tertiary/aromatic N) is 1. The van der Waals surface area contributed by atoms with Crippen LogP contribution in [0.5, 0.6) is 0 Å². The van der Waals surface area contributed by atoms with Crippen molar-refractivity contribution in [1.82, 2.24) is 4.98 Å². The Morgan fingerprint density at radius 3 is 2.65 bits per heavy atom. The van der Waals surface area contributed by atoms with Crippen LogP contribution in [-0.2, 0) is 5.41 Å². The molecular weight excluding hydrogens is 248 g/mol. The average Bonchev–Trinajstić information content (AvgIpc) is 2.91. The highest BCUT2D eigenvalue weighted by Gasteiger charge is 2.32. The van der Waals surface area contributed by atoms with Crippen molar-refractivity contribution in [2.75, 3.05) is 6.54 Å². The van der Waals surface area contributed by atoms with Gasteiger partial charge in [0, 0.05) is 17.9 Å². The third kappa shape index (κ3) is 2.24. The topological polar surface area (TPSA) is 52.0 Å². The summed E-state index contributed by atoms with van der Waals surface area (Å²) in [6.07, 6.45) is 6.30. The van der Waals surface area contributed by atoms with E-state index in [4.69, 9.17) is 10.2 Å². The molecule has 0 spiro atoms. The predicted octanol–water partition coefficient (Wildman–Crippen LogP) is 4.11. The van der Waals surface area contributed by atoms with Crippen LogP contribution >= 0.6 is 0 Å². The lowest BCUT2D eigenvalue weighted by molar-refractivity contribution is 0.301. The highest BCUT2D eigenvalue weighted by Crippen LogP contribution is 2.39. The van der Waals surface area contributed by atoms with Gasteiger partial charge in [-0.3, -0.25) is 0 Å². The van der Waals surface area contributed by atoms with E-state index in [9.17, 15) is 0 Å². The predicted molar refractivity (Wildman–Crippen MR) is 81.9 cm³/mol. The van der Waals surface area contributed by atoms with Crippen molar-refractivity contribution in [2.45, 2.75) is 57.3 Å². The first kappa shape index (κ1) is 13.6. The van der Waals surface area contributed by atoms with Crippen LogP contribution in [0.25, 0.3) is 11.1 Å². The van der Waals surface area contributed by atoms with E-state index in [1.165, 1.54) is 37.7 Å². The van der Waals surface area contributed by atoms with Gasteiger partial charge in [0.1, 0.15) is 5.52 Å². The minimum absolute atomic E-state index is 0.156. The maximum absolute atomic E-state index is 6.12. The van der Waals surface area contributed by atoms with Crippen molar-refractivity contribution in [3.05, 3.63) is 29.7 Å². The van der Waals surface area contributed by atoms with E-state index < -0.39 is 0 Å². The molecular formula is C17H24N2O. The van der Waals surface area contributed by atoms with Gasteiger partial charge in [0.25, 0.3) is 0 Å². The second-order valence-electron chi connectivity index (χ2n) is 6.43. The van der Waals surface area contributed by atoms with E-state index in [0.29, 0.717) is 5.92 Å². The standard InChI is InChI=1S/C17H24N2O/c1-12(2)16-19-14-10-13(6-7-15(14)20-16)17(11-18)8-4-3-5-9-17/h6-7,10,12H,3-5,8-9,11,18H2,1-2H3. The van der Waals surface area contributed by atoms with Crippen LogP contribution in [0, 0.1) is 0 Å². The minimum Gasteiger partial charge on any atom is -0.440 e. The van der Waals surface area contributed by atoms with Gasteiger partial charge in [-0.25, -0.2) is 4.98 Å². The summed E-state index contributed by atoms with van der Waals surface area (Å²) in [5, 5.41) is 0. The quantitative estimate of drug-likeness (QED) is 0.914. The molecule has 1 aromatic heterocycles. The smallest absolute Gasteiger partial charge is 0.198 e. The van der Waals surface area contributed by atoms with Crippen LogP contribution in [0.1, 0.15) is 63.3 Å². The summed E-state index contributed by atoms with van der Waals surface area (Å²) in [5.41, 5.74) is 9.49. The molecule has 0 amide bonds. The Labute approximate surface area is 120 Å². The largest absolute Gasteiger partial charge is 0.440 e. The number of aromatic nitrogens is 1. The highest BCUT2D eigenvalue weighted by molar-refractivity contribution is 5.74. The Kier molecular flexibility index (Phi) is 3.55. The van der Waals surface area contributed by atoms with Crippen molar-refractivity contribution >= 4 is 11.1 Å². The zero-order chi connectivity index (χ0) is 14.2. The van der Waals surface area contributed by atoms with E-state index >= 15 is 0 Å². The molecule has 2 N–H and O–H groups in total. The molecule has 2 aromatic rings. The van der Waals surface area contributed by atoms with Crippen LogP contribution in [0.15, 0.2) is 22.6 Å². The summed E-state index contributed by atoms with van der Waals surface area (Å²) in [6, 6.07) is 6.45. The van der Waals surface area contributed by atoms with Crippen molar-refractivity contribution in [3.8, 4) is 0 Å². The normalized spacial score (nSPS) is 18.8. The summed E-state index contributed by atoms with van der Waals surface area (Å²) in [7, 11) is 0. The van der Waals surface area contributed by atoms with Crippen LogP contribution < -0.4 is 5.73 Å². The van der Waals surface area contributed by atoms with Crippen LogP contribution in [0.3, 0.4) is 0 Å². The molecule has 3 nitrogen and oxygen atoms in total. The van der Waals surface area contributed by atoms with Crippen LogP contribution in [0.4, 0.5) is 0 Å². The lowest BCUT2D eigenvalue weighted by Crippen LogP contribution is -2.37. The summed E-state index contributed by atoms with van der Waals surface area (Å²) in [6.45, 7) is 4.94. The van der Waals surface area contributed by atoms with E-state index in [1.807, 2.05) is 0 Å². The van der Waals surface area contributed by atoms with E-state index in [2.05, 4.69) is 37.0 Å². The van der Waals surface area contributed by atoms with Gasteiger partial charge >= 0.3 is 0 Å². The third-order valence-electron chi connectivity index (χ3n) is 4.71. The van der Waals surface area contributed by atoms with Crippen molar-refractivity contribution in [3.63, 3.8) is 0 Å². The number of hydrogen-bond acceptors (Lipinski definition) is 3. The Bertz CT molecular complexity index is 594. The molecule has 1 fully saturated rings. The number of nitrogens with two attached hydrogens (primary N) is 1. The molecule has 20 heavy (non-hydrogen) atoms. The van der Waals surface area contributed by atoms with Crippen molar-refractivity contribution in [1.29, 1.82) is 0 Å². The summed E-state index contributed by atoms with van der Waals surface area (Å²) in [4.78, 5) is 4.63. The molecule has 3 heteroatoms. The van der Waals surface area contributed by atoms with Gasteiger partial charge in [0.2, 0.25) is 0 Å². The number of benzene rings is 1. The average molecular weight is 272 g/mol. The molecule has 1 heterocycles. The molecule has 3 rings (SSSR count). The molecule has 0 atom stereocenters. The lowest BCUT2D eigenvalue weighted by atomic mass is 9.69. The molecule has 0 aliphatic heterocycles. The molecule has 0 bridgehead atoms. The Morgan fingerprint density at radius 1 is 1.25 bits per heavy atom. The second kappa shape index (κ2) is 5.21. The molecule has 0 saturated heterocycles. The Hall–Kier alpha value is -1.35. The fourth-order valence-electron chi connectivity index (χ4n) is 3.36. The summed E-state index contributed by atoms with van der Waals surface area (Å²) < 4.78 is 5.80. The molecule has 1 aliphatic carbocycles. The molecule has 1 aromatic carbocycles. The summed E-state index contributed by atoms with van der Waals surface area (Å²) in [5.74, 6) is 1.14. The van der Waals surface area contributed by atoms with Gasteiger partial charge in [-0.05, 0) is 30.5 Å². The maximum atomic E-state index is 6.12. The van der Waals surface area contributed by atoms with Gasteiger partial charge in [-0.15, -0.1) is 0 Å². The molecule has 108 valence electrons. The van der Waals surface area contributed by atoms with Gasteiger partial charge in [-0.2, -0.15) is 0 Å². The molecule has 1 saturated carbocycles. The van der Waals surface area contributed by atoms with E-state index in [1.54, 1.807) is 0 Å². The number of fused-ring (bicyclic) bond motifs is 1. The van der Waals surface area contributed by atoms with Crippen molar-refractivity contribution in [2.24, 2.45) is 5.73 Å². The number of oxazole rings is 1. The third-order valence-corrected chi connectivity index (χ3v) is 4.71. The van der Waals surface area contributed by atoms with Crippen LogP contribution in [0.2, 0.25) is 0 Å². The molecule has 0 unspecified atom stereocenters. The molecule has 1 aliphatic rings. The van der Waals surface area contributed by atoms with Crippen LogP contribution in [-0.4, -0.2) is 11.5 Å². The van der Waals surface area contributed by atoms with E-state index in [0.717, 1.165) is 23.5 Å². The minimum atomic E-state index is 0.156. The van der Waals surface area contributed by atoms with Gasteiger partial charge in [0.15, 0.2) is 11.5 Å². The first-order valence-corrected chi connectivity index (χ1v) is 7.76.